The van der Waals surface area contributed by atoms with E-state index in [2.05, 4.69) is 21.3 Å². The minimum Gasteiger partial charge on any atom is -0.380 e. The van der Waals surface area contributed by atoms with Crippen molar-refractivity contribution < 1.29 is 57.1 Å². The summed E-state index contributed by atoms with van der Waals surface area (Å²) in [5.41, 5.74) is 4.95. The zero-order valence-electron chi connectivity index (χ0n) is 26.7. The number of nitrogens with two attached hydrogens (primary N) is 1. The van der Waals surface area contributed by atoms with Crippen LogP contribution in [-0.2, 0) is 57.1 Å². The summed E-state index contributed by atoms with van der Waals surface area (Å²) in [7, 11) is 1.85. The number of hydrogen-bond donors (Lipinski definition) is 5. The highest BCUT2D eigenvalue weighted by Crippen LogP contribution is 1.89. The third kappa shape index (κ3) is 35.9. The molecule has 0 atom stereocenters. The van der Waals surface area contributed by atoms with Crippen molar-refractivity contribution in [2.45, 2.75) is 19.3 Å². The van der Waals surface area contributed by atoms with E-state index in [4.69, 9.17) is 43.6 Å². The molecule has 0 spiro atoms. The topological polar surface area (TPSA) is 216 Å². The highest BCUT2D eigenvalue weighted by atomic mass is 16.5. The maximum absolute atomic E-state index is 11.8. The van der Waals surface area contributed by atoms with Gasteiger partial charge in [0.05, 0.1) is 39.6 Å². The predicted octanol–water partition coefficient (Wildman–Crippen LogP) is -2.66. The molecule has 0 aliphatic heterocycles. The molecule has 4 amide bonds. The number of ether oxygens (including phenoxy) is 8. The molecule has 0 aromatic carbocycles. The molecule has 0 rings (SSSR count). The fourth-order valence-corrected chi connectivity index (χ4v) is 3.10. The number of amides is 4. The molecule has 0 saturated heterocycles. The number of likely N-dealkylation sites (N-methyl/N-ethyl adjacent to an activating group) is 1. The summed E-state index contributed by atoms with van der Waals surface area (Å²) >= 11 is 0. The Morgan fingerprint density at radius 3 is 1.13 bits per heavy atom. The Bertz CT molecular complexity index is 736. The number of carbonyl (C=O) groups excluding carboxylic acids is 4. The third-order valence-corrected chi connectivity index (χ3v) is 5.25. The van der Waals surface area contributed by atoms with Crippen LogP contribution in [0.5, 0.6) is 0 Å². The SMILES string of the molecule is CNCCOCCOCC(=O)NCCOCCCOCC(=O)NCCOCCCOCC(=O)NCCOCCCOCC(N)=O. The first kappa shape index (κ1) is 42.5. The summed E-state index contributed by atoms with van der Waals surface area (Å²) < 4.78 is 42.3. The first-order valence-electron chi connectivity index (χ1n) is 15.3. The fraction of sp³-hybridized carbons (Fsp3) is 0.857. The molecule has 0 fully saturated rings. The minimum atomic E-state index is -0.508. The van der Waals surface area contributed by atoms with Gasteiger partial charge >= 0.3 is 0 Å². The van der Waals surface area contributed by atoms with Crippen LogP contribution in [0.2, 0.25) is 0 Å². The highest BCUT2D eigenvalue weighted by Gasteiger charge is 2.04. The van der Waals surface area contributed by atoms with E-state index < -0.39 is 5.91 Å². The van der Waals surface area contributed by atoms with Crippen LogP contribution in [0.4, 0.5) is 0 Å². The largest absolute Gasteiger partial charge is 0.380 e. The normalized spacial score (nSPS) is 11.0. The van der Waals surface area contributed by atoms with Crippen molar-refractivity contribution in [3.05, 3.63) is 0 Å². The van der Waals surface area contributed by atoms with Crippen molar-refractivity contribution >= 4 is 23.6 Å². The van der Waals surface area contributed by atoms with Crippen molar-refractivity contribution in [2.75, 3.05) is 139 Å². The van der Waals surface area contributed by atoms with E-state index in [0.717, 1.165) is 6.54 Å². The number of carbonyl (C=O) groups is 4. The average molecular weight is 654 g/mol. The molecule has 0 bridgehead atoms. The lowest BCUT2D eigenvalue weighted by Crippen LogP contribution is -2.31. The van der Waals surface area contributed by atoms with Crippen LogP contribution in [0.3, 0.4) is 0 Å². The van der Waals surface area contributed by atoms with Gasteiger partial charge < -0.3 is 64.9 Å². The van der Waals surface area contributed by atoms with Gasteiger partial charge in [-0.15, -0.1) is 0 Å². The van der Waals surface area contributed by atoms with Gasteiger partial charge in [-0.25, -0.2) is 0 Å². The molecule has 0 radical (unpaired) electrons. The quantitative estimate of drug-likeness (QED) is 0.0442. The molecular formula is C28H55N5O12. The van der Waals surface area contributed by atoms with Gasteiger partial charge in [-0.05, 0) is 26.3 Å². The van der Waals surface area contributed by atoms with Gasteiger partial charge in [0.25, 0.3) is 0 Å². The van der Waals surface area contributed by atoms with Gasteiger partial charge in [0.15, 0.2) is 0 Å². The number of primary amides is 1. The van der Waals surface area contributed by atoms with E-state index in [9.17, 15) is 19.2 Å². The first-order valence-corrected chi connectivity index (χ1v) is 15.3. The van der Waals surface area contributed by atoms with E-state index >= 15 is 0 Å². The summed E-state index contributed by atoms with van der Waals surface area (Å²) in [6.45, 7) is 6.64. The van der Waals surface area contributed by atoms with E-state index in [1.807, 2.05) is 7.05 Å². The van der Waals surface area contributed by atoms with Crippen molar-refractivity contribution in [3.8, 4) is 0 Å². The summed E-state index contributed by atoms with van der Waals surface area (Å²) in [6, 6.07) is 0. The van der Waals surface area contributed by atoms with Crippen LogP contribution < -0.4 is 27.0 Å². The molecule has 0 unspecified atom stereocenters. The van der Waals surface area contributed by atoms with Crippen LogP contribution >= 0.6 is 0 Å². The molecule has 0 aromatic heterocycles. The van der Waals surface area contributed by atoms with Gasteiger partial charge in [-0.1, -0.05) is 0 Å². The third-order valence-electron chi connectivity index (χ3n) is 5.25. The Morgan fingerprint density at radius 2 is 0.733 bits per heavy atom. The summed E-state index contributed by atoms with van der Waals surface area (Å²) in [5.74, 6) is -1.18. The molecule has 264 valence electrons. The summed E-state index contributed by atoms with van der Waals surface area (Å²) in [4.78, 5) is 45.6. The molecule has 0 aliphatic carbocycles. The fourth-order valence-electron chi connectivity index (χ4n) is 3.10. The smallest absolute Gasteiger partial charge is 0.246 e. The second-order valence-electron chi connectivity index (χ2n) is 9.34. The minimum absolute atomic E-state index is 0.0190. The zero-order chi connectivity index (χ0) is 33.1. The predicted molar refractivity (Wildman–Crippen MR) is 163 cm³/mol. The summed E-state index contributed by atoms with van der Waals surface area (Å²) in [5, 5.41) is 11.1. The maximum Gasteiger partial charge on any atom is 0.246 e. The molecule has 6 N–H and O–H groups in total. The maximum atomic E-state index is 11.8. The lowest BCUT2D eigenvalue weighted by molar-refractivity contribution is -0.127. The molecular weight excluding hydrogens is 598 g/mol. The van der Waals surface area contributed by atoms with Crippen LogP contribution in [-0.4, -0.2) is 163 Å². The molecule has 17 nitrogen and oxygen atoms in total. The van der Waals surface area contributed by atoms with Gasteiger partial charge in [0.1, 0.15) is 26.4 Å². The van der Waals surface area contributed by atoms with Crippen molar-refractivity contribution in [1.29, 1.82) is 0 Å². The van der Waals surface area contributed by atoms with E-state index in [1.165, 1.54) is 0 Å². The van der Waals surface area contributed by atoms with E-state index in [-0.39, 0.29) is 44.1 Å². The number of rotatable bonds is 35. The van der Waals surface area contributed by atoms with Crippen LogP contribution in [0.25, 0.3) is 0 Å². The monoisotopic (exact) mass is 653 g/mol. The first-order chi connectivity index (χ1) is 22.0. The van der Waals surface area contributed by atoms with E-state index in [1.54, 1.807) is 0 Å². The standard InChI is InChI=1S/C28H55N5O12/c1-30-5-15-41-19-20-45-24-28(37)33-8-18-40-11-4-14-44-23-27(36)32-7-17-39-10-3-13-43-22-26(35)31-6-16-38-9-2-12-42-21-25(29)34/h30H,2-24H2,1H3,(H2,29,34)(H,31,35)(H,32,36)(H,33,37). The Kier molecular flexibility index (Phi) is 32.5. The van der Waals surface area contributed by atoms with Gasteiger partial charge in [-0.2, -0.15) is 0 Å². The highest BCUT2D eigenvalue weighted by molar-refractivity contribution is 5.77. The molecule has 0 aromatic rings. The second kappa shape index (κ2) is 34.4. The lowest BCUT2D eigenvalue weighted by Gasteiger charge is -2.09. The Balaban J connectivity index is 3.31. The zero-order valence-corrected chi connectivity index (χ0v) is 26.7. The van der Waals surface area contributed by atoms with Gasteiger partial charge in [-0.3, -0.25) is 19.2 Å². The van der Waals surface area contributed by atoms with Crippen LogP contribution in [0.1, 0.15) is 19.3 Å². The Hall–Kier alpha value is -2.48. The molecule has 45 heavy (non-hydrogen) atoms. The Labute approximate surface area is 266 Å². The lowest BCUT2D eigenvalue weighted by atomic mass is 10.5. The average Bonchev–Trinajstić information content (AvgIpc) is 3.01. The van der Waals surface area contributed by atoms with Crippen LogP contribution in [0.15, 0.2) is 0 Å². The van der Waals surface area contributed by atoms with Gasteiger partial charge in [0, 0.05) is 65.8 Å². The van der Waals surface area contributed by atoms with Crippen molar-refractivity contribution in [3.63, 3.8) is 0 Å². The van der Waals surface area contributed by atoms with Gasteiger partial charge in [0.2, 0.25) is 23.6 Å². The summed E-state index contributed by atoms with van der Waals surface area (Å²) in [6.07, 6.45) is 1.86. The second-order valence-corrected chi connectivity index (χ2v) is 9.34. The van der Waals surface area contributed by atoms with Crippen molar-refractivity contribution in [2.24, 2.45) is 5.73 Å². The van der Waals surface area contributed by atoms with Crippen molar-refractivity contribution in [1.82, 2.24) is 21.3 Å². The van der Waals surface area contributed by atoms with E-state index in [0.29, 0.717) is 118 Å². The molecule has 17 heteroatoms. The number of hydrogen-bond acceptors (Lipinski definition) is 13. The Morgan fingerprint density at radius 1 is 0.422 bits per heavy atom. The molecule has 0 aliphatic rings. The van der Waals surface area contributed by atoms with Crippen LogP contribution in [0, 0.1) is 0 Å². The molecule has 0 heterocycles. The number of nitrogens with one attached hydrogen (secondary N) is 4. The molecule has 0 saturated carbocycles.